The molecule has 0 saturated heterocycles. The molecule has 0 radical (unpaired) electrons. The molecule has 5 saturated carbocycles. The van der Waals surface area contributed by atoms with E-state index in [4.69, 9.17) is 9.47 Å². The molecule has 5 unspecified atom stereocenters. The van der Waals surface area contributed by atoms with Crippen LogP contribution in [0.2, 0.25) is 0 Å². The third-order valence-electron chi connectivity index (χ3n) is 12.1. The van der Waals surface area contributed by atoms with Gasteiger partial charge in [0.15, 0.2) is 0 Å². The maximum atomic E-state index is 13.5. The lowest BCUT2D eigenvalue weighted by Gasteiger charge is -2.40. The highest BCUT2D eigenvalue weighted by molar-refractivity contribution is 5.79. The first-order chi connectivity index (χ1) is 21.3. The summed E-state index contributed by atoms with van der Waals surface area (Å²) in [6, 6.07) is 0.759. The van der Waals surface area contributed by atoms with Crippen molar-refractivity contribution in [2.24, 2.45) is 23.7 Å². The van der Waals surface area contributed by atoms with Crippen LogP contribution in [0.4, 0.5) is 0 Å². The molecule has 5 rings (SSSR count). The van der Waals surface area contributed by atoms with Gasteiger partial charge in [-0.2, -0.15) is 0 Å². The van der Waals surface area contributed by atoms with Gasteiger partial charge in [0.25, 0.3) is 0 Å². The summed E-state index contributed by atoms with van der Waals surface area (Å²) in [6.07, 6.45) is 19.6. The molecule has 0 spiro atoms. The average molecular weight is 616 g/mol. The van der Waals surface area contributed by atoms with Crippen LogP contribution in [0, 0.1) is 23.7 Å². The summed E-state index contributed by atoms with van der Waals surface area (Å²) in [5.41, 5.74) is 0. The molecule has 5 aliphatic rings. The zero-order valence-electron chi connectivity index (χ0n) is 27.8. The molecular weight excluding hydrogens is 554 g/mol. The Morgan fingerprint density at radius 1 is 0.568 bits per heavy atom. The molecule has 0 heterocycles. The molecule has 3 N–H and O–H groups in total. The number of carbonyl (C=O) groups excluding carboxylic acids is 3. The number of amides is 2. The lowest BCUT2D eigenvalue weighted by Crippen LogP contribution is -2.54. The number of ether oxygens (including phenoxy) is 2. The lowest BCUT2D eigenvalue weighted by atomic mass is 9.83. The Labute approximate surface area is 266 Å². The van der Waals surface area contributed by atoms with Crippen molar-refractivity contribution in [2.45, 2.75) is 178 Å². The predicted octanol–water partition coefficient (Wildman–Crippen LogP) is 5.61. The van der Waals surface area contributed by atoms with Crippen LogP contribution in [0.3, 0.4) is 0 Å². The van der Waals surface area contributed by atoms with Crippen molar-refractivity contribution in [1.29, 1.82) is 0 Å². The summed E-state index contributed by atoms with van der Waals surface area (Å²) in [4.78, 5) is 38.2. The van der Waals surface area contributed by atoms with E-state index >= 15 is 0 Å². The van der Waals surface area contributed by atoms with Crippen molar-refractivity contribution in [2.75, 3.05) is 7.05 Å². The van der Waals surface area contributed by atoms with Gasteiger partial charge in [0.2, 0.25) is 11.8 Å². The summed E-state index contributed by atoms with van der Waals surface area (Å²) in [6.45, 7) is 3.99. The fourth-order valence-corrected chi connectivity index (χ4v) is 8.90. The van der Waals surface area contributed by atoms with Gasteiger partial charge in [-0.05, 0) is 129 Å². The Hall–Kier alpha value is -1.51. The van der Waals surface area contributed by atoms with Crippen molar-refractivity contribution < 1.29 is 23.9 Å². The smallest absolute Gasteiger partial charge is 0.223 e. The summed E-state index contributed by atoms with van der Waals surface area (Å²) in [7, 11) is 2.01. The van der Waals surface area contributed by atoms with E-state index in [2.05, 4.69) is 22.9 Å². The van der Waals surface area contributed by atoms with Crippen LogP contribution in [0.1, 0.15) is 136 Å². The second-order valence-electron chi connectivity index (χ2n) is 15.1. The van der Waals surface area contributed by atoms with Gasteiger partial charge in [0.05, 0.1) is 30.5 Å². The highest BCUT2D eigenvalue weighted by Gasteiger charge is 2.38. The average Bonchev–Trinajstić information content (AvgIpc) is 3.04. The number of carbonyl (C=O) groups is 3. The van der Waals surface area contributed by atoms with Crippen LogP contribution in [0.5, 0.6) is 0 Å². The van der Waals surface area contributed by atoms with Crippen LogP contribution >= 0.6 is 0 Å². The van der Waals surface area contributed by atoms with E-state index in [1.54, 1.807) is 6.92 Å². The molecule has 0 bridgehead atoms. The topological polar surface area (TPSA) is 106 Å². The molecule has 5 atom stereocenters. The number of Topliss-reactive ketones (excluding diaryl/α,β-unsaturated/α-hetero) is 1. The number of hydrogen-bond donors (Lipinski definition) is 3. The molecule has 2 amide bonds. The molecule has 8 heteroatoms. The van der Waals surface area contributed by atoms with Crippen molar-refractivity contribution in [1.82, 2.24) is 16.0 Å². The summed E-state index contributed by atoms with van der Waals surface area (Å²) in [5.74, 6) is 1.70. The van der Waals surface area contributed by atoms with Crippen LogP contribution < -0.4 is 16.0 Å². The quantitative estimate of drug-likeness (QED) is 0.295. The SMILES string of the molecule is CNC1CCC(OC2CCC(C(=O)NC3CCCCC3C)CC2)C(NC(=O)C2CCC(OC3CCC(C(C)=O)CC3)CC2)C1. The molecule has 5 aliphatic carbocycles. The third kappa shape index (κ3) is 9.28. The minimum atomic E-state index is 0.0212. The van der Waals surface area contributed by atoms with E-state index < -0.39 is 0 Å². The van der Waals surface area contributed by atoms with Crippen LogP contribution in [0.25, 0.3) is 0 Å². The van der Waals surface area contributed by atoms with E-state index in [0.29, 0.717) is 23.8 Å². The van der Waals surface area contributed by atoms with Gasteiger partial charge in [-0.3, -0.25) is 14.4 Å². The predicted molar refractivity (Wildman–Crippen MR) is 172 cm³/mol. The van der Waals surface area contributed by atoms with E-state index in [9.17, 15) is 14.4 Å². The molecule has 5 fully saturated rings. The minimum Gasteiger partial charge on any atom is -0.375 e. The normalized spacial score (nSPS) is 40.1. The van der Waals surface area contributed by atoms with Crippen LogP contribution in [0.15, 0.2) is 0 Å². The van der Waals surface area contributed by atoms with Crippen LogP contribution in [-0.2, 0) is 23.9 Å². The van der Waals surface area contributed by atoms with Gasteiger partial charge < -0.3 is 25.4 Å². The Kier molecular flexibility index (Phi) is 12.6. The van der Waals surface area contributed by atoms with Crippen molar-refractivity contribution in [3.05, 3.63) is 0 Å². The van der Waals surface area contributed by atoms with Gasteiger partial charge in [0.1, 0.15) is 5.78 Å². The molecule has 0 aromatic heterocycles. The standard InChI is InChI=1S/C36H61N3O5/c1-23-6-4-5-7-32(23)38-35(41)26-12-19-31(20-13-26)44-34-21-14-28(37-3)22-33(34)39-36(42)27-10-17-30(18-11-27)43-29-15-8-25(9-16-29)24(2)40/h23,25-34,37H,4-22H2,1-3H3,(H,38,41)(H,39,42). The highest BCUT2D eigenvalue weighted by atomic mass is 16.5. The largest absolute Gasteiger partial charge is 0.375 e. The monoisotopic (exact) mass is 615 g/mol. The van der Waals surface area contributed by atoms with E-state index in [1.807, 2.05) is 7.05 Å². The number of ketones is 1. The maximum absolute atomic E-state index is 13.5. The zero-order valence-corrected chi connectivity index (χ0v) is 27.8. The van der Waals surface area contributed by atoms with Gasteiger partial charge in [0, 0.05) is 29.8 Å². The zero-order chi connectivity index (χ0) is 31.1. The van der Waals surface area contributed by atoms with Gasteiger partial charge in [-0.25, -0.2) is 0 Å². The third-order valence-corrected chi connectivity index (χ3v) is 12.1. The van der Waals surface area contributed by atoms with Gasteiger partial charge in [-0.1, -0.05) is 19.8 Å². The van der Waals surface area contributed by atoms with Crippen molar-refractivity contribution in [3.63, 3.8) is 0 Å². The van der Waals surface area contributed by atoms with E-state index in [1.165, 1.54) is 19.3 Å². The van der Waals surface area contributed by atoms with Gasteiger partial charge in [-0.15, -0.1) is 0 Å². The van der Waals surface area contributed by atoms with Crippen LogP contribution in [-0.4, -0.2) is 67.2 Å². The second kappa shape index (κ2) is 16.4. The number of hydrogen-bond acceptors (Lipinski definition) is 6. The van der Waals surface area contributed by atoms with Gasteiger partial charge >= 0.3 is 0 Å². The molecule has 44 heavy (non-hydrogen) atoms. The fraction of sp³-hybridized carbons (Fsp3) is 0.917. The Morgan fingerprint density at radius 2 is 1.07 bits per heavy atom. The molecular formula is C36H61N3O5. The molecule has 0 aromatic carbocycles. The maximum Gasteiger partial charge on any atom is 0.223 e. The summed E-state index contributed by atoms with van der Waals surface area (Å²) in [5, 5.41) is 10.3. The van der Waals surface area contributed by atoms with Crippen molar-refractivity contribution >= 4 is 17.6 Å². The first-order valence-corrected chi connectivity index (χ1v) is 18.4. The Bertz CT molecular complexity index is 936. The Morgan fingerprint density at radius 3 is 1.59 bits per heavy atom. The number of nitrogens with one attached hydrogen (secondary N) is 3. The Balaban J connectivity index is 1.04. The van der Waals surface area contributed by atoms with E-state index in [0.717, 1.165) is 103 Å². The summed E-state index contributed by atoms with van der Waals surface area (Å²) >= 11 is 0. The minimum absolute atomic E-state index is 0.0212. The fourth-order valence-electron chi connectivity index (χ4n) is 8.90. The number of rotatable bonds is 10. The lowest BCUT2D eigenvalue weighted by molar-refractivity contribution is -0.134. The second-order valence-corrected chi connectivity index (χ2v) is 15.1. The molecule has 250 valence electrons. The highest BCUT2D eigenvalue weighted by Crippen LogP contribution is 2.34. The summed E-state index contributed by atoms with van der Waals surface area (Å²) < 4.78 is 13.2. The first-order valence-electron chi connectivity index (χ1n) is 18.4. The molecule has 0 aliphatic heterocycles. The first kappa shape index (κ1) is 33.8. The molecule has 8 nitrogen and oxygen atoms in total. The van der Waals surface area contributed by atoms with Crippen molar-refractivity contribution in [3.8, 4) is 0 Å². The molecule has 0 aromatic rings. The van der Waals surface area contributed by atoms with E-state index in [-0.39, 0.29) is 60.0 Å².